The van der Waals surface area contributed by atoms with Gasteiger partial charge in [0.05, 0.1) is 0 Å². The van der Waals surface area contributed by atoms with Gasteiger partial charge in [-0.3, -0.25) is 0 Å². The third-order valence-electron chi connectivity index (χ3n) is 2.45. The fourth-order valence-electron chi connectivity index (χ4n) is 1.62. The molecule has 1 aliphatic rings. The minimum Gasteiger partial charge on any atom is -0.211 e. The highest BCUT2D eigenvalue weighted by atomic mass is 16.8. The van der Waals surface area contributed by atoms with Gasteiger partial charge in [0.15, 0.2) is 0 Å². The van der Waals surface area contributed by atoms with Gasteiger partial charge in [0.2, 0.25) is 0 Å². The molecule has 0 spiro atoms. The fraction of sp³-hybridized carbons (Fsp3) is 1.00. The molecule has 0 aliphatic carbocycles. The Bertz CT molecular complexity index is 130. The van der Waals surface area contributed by atoms with Crippen LogP contribution in [-0.2, 0) is 4.94 Å². The van der Waals surface area contributed by atoms with Crippen LogP contribution in [-0.4, -0.2) is 24.7 Å². The summed E-state index contributed by atoms with van der Waals surface area (Å²) < 4.78 is 0. The van der Waals surface area contributed by atoms with Gasteiger partial charge in [-0.05, 0) is 25.2 Å². The van der Waals surface area contributed by atoms with Crippen LogP contribution < -0.4 is 5.48 Å². The Balaban J connectivity index is 2.00. The first-order valence-electron chi connectivity index (χ1n) is 5.47. The minimum atomic E-state index is 0.779. The van der Waals surface area contributed by atoms with Crippen molar-refractivity contribution in [3.63, 3.8) is 0 Å². The van der Waals surface area contributed by atoms with E-state index in [0.29, 0.717) is 0 Å². The number of hydroxylamine groups is 3. The first kappa shape index (κ1) is 11.0. The molecule has 1 heterocycles. The van der Waals surface area contributed by atoms with Crippen molar-refractivity contribution in [1.82, 2.24) is 10.5 Å². The van der Waals surface area contributed by atoms with Crippen molar-refractivity contribution in [3.05, 3.63) is 0 Å². The summed E-state index contributed by atoms with van der Waals surface area (Å²) in [4.78, 5) is 5.44. The van der Waals surface area contributed by atoms with E-state index in [2.05, 4.69) is 19.3 Å². The highest BCUT2D eigenvalue weighted by Crippen LogP contribution is 2.14. The van der Waals surface area contributed by atoms with E-state index in [4.69, 9.17) is 4.94 Å². The van der Waals surface area contributed by atoms with Gasteiger partial charge in [-0.1, -0.05) is 20.3 Å². The normalized spacial score (nSPS) is 24.9. The second-order valence-corrected chi connectivity index (χ2v) is 3.97. The van der Waals surface area contributed by atoms with Crippen molar-refractivity contribution in [2.24, 2.45) is 5.92 Å². The molecule has 13 heavy (non-hydrogen) atoms. The smallest absolute Gasteiger partial charge is 0.0285 e. The summed E-state index contributed by atoms with van der Waals surface area (Å²) in [5.74, 6) is 0.779. The number of hydrogen-bond acceptors (Lipinski definition) is 3. The molecule has 0 aromatic heterocycles. The van der Waals surface area contributed by atoms with Gasteiger partial charge < -0.3 is 0 Å². The highest BCUT2D eigenvalue weighted by Gasteiger charge is 2.16. The largest absolute Gasteiger partial charge is 0.211 e. The number of unbranched alkanes of at least 4 members (excludes halogenated alkanes) is 1. The third kappa shape index (κ3) is 4.60. The molecule has 1 N–H and O–H groups in total. The van der Waals surface area contributed by atoms with Crippen molar-refractivity contribution >= 4 is 0 Å². The van der Waals surface area contributed by atoms with Crippen LogP contribution in [0.15, 0.2) is 0 Å². The maximum Gasteiger partial charge on any atom is 0.0285 e. The molecule has 0 aromatic rings. The standard InChI is InChI=1S/C10H22N2O/c1-3-4-7-11-13-12-8-5-6-10(2)9-12/h10-11H,3-9H2,1-2H3. The monoisotopic (exact) mass is 186 g/mol. The van der Waals surface area contributed by atoms with Crippen molar-refractivity contribution < 1.29 is 4.94 Å². The zero-order valence-electron chi connectivity index (χ0n) is 8.88. The Morgan fingerprint density at radius 2 is 2.38 bits per heavy atom. The molecule has 0 amide bonds. The molecule has 3 heteroatoms. The summed E-state index contributed by atoms with van der Waals surface area (Å²) in [6.07, 6.45) is 5.00. The molecule has 1 aliphatic heterocycles. The number of piperidine rings is 1. The fourth-order valence-corrected chi connectivity index (χ4v) is 1.62. The Hall–Kier alpha value is -0.120. The number of hydrogen-bond donors (Lipinski definition) is 1. The van der Waals surface area contributed by atoms with E-state index in [1.165, 1.54) is 25.7 Å². The van der Waals surface area contributed by atoms with Gasteiger partial charge in [0.25, 0.3) is 0 Å². The van der Waals surface area contributed by atoms with Crippen LogP contribution in [0.3, 0.4) is 0 Å². The van der Waals surface area contributed by atoms with Crippen molar-refractivity contribution in [3.8, 4) is 0 Å². The van der Waals surface area contributed by atoms with Gasteiger partial charge in [-0.15, -0.1) is 0 Å². The zero-order valence-corrected chi connectivity index (χ0v) is 8.88. The van der Waals surface area contributed by atoms with E-state index in [0.717, 1.165) is 25.6 Å². The molecular weight excluding hydrogens is 164 g/mol. The minimum absolute atomic E-state index is 0.779. The van der Waals surface area contributed by atoms with E-state index in [-0.39, 0.29) is 0 Å². The molecule has 78 valence electrons. The van der Waals surface area contributed by atoms with Crippen molar-refractivity contribution in [2.75, 3.05) is 19.6 Å². The predicted molar refractivity (Wildman–Crippen MR) is 54.0 cm³/mol. The Kier molecular flexibility index (Phi) is 5.35. The maximum atomic E-state index is 5.44. The Morgan fingerprint density at radius 3 is 3.08 bits per heavy atom. The molecule has 1 atom stereocenters. The number of nitrogens with zero attached hydrogens (tertiary/aromatic N) is 1. The van der Waals surface area contributed by atoms with Gasteiger partial charge in [0, 0.05) is 19.6 Å². The number of rotatable bonds is 5. The van der Waals surface area contributed by atoms with Crippen LogP contribution in [0.1, 0.15) is 39.5 Å². The molecule has 0 saturated carbocycles. The molecule has 0 aromatic carbocycles. The molecule has 0 radical (unpaired) electrons. The average Bonchev–Trinajstić information content (AvgIpc) is 2.13. The Morgan fingerprint density at radius 1 is 1.54 bits per heavy atom. The zero-order chi connectivity index (χ0) is 9.52. The van der Waals surface area contributed by atoms with E-state index < -0.39 is 0 Å². The number of nitrogens with one attached hydrogen (secondary N) is 1. The second-order valence-electron chi connectivity index (χ2n) is 3.97. The van der Waals surface area contributed by atoms with Crippen molar-refractivity contribution in [2.45, 2.75) is 39.5 Å². The first-order valence-corrected chi connectivity index (χ1v) is 5.47. The van der Waals surface area contributed by atoms with Crippen LogP contribution in [0.5, 0.6) is 0 Å². The maximum absolute atomic E-state index is 5.44. The summed E-state index contributed by atoms with van der Waals surface area (Å²) in [6, 6.07) is 0. The summed E-state index contributed by atoms with van der Waals surface area (Å²) in [6.45, 7) is 7.57. The van der Waals surface area contributed by atoms with Gasteiger partial charge in [-0.2, -0.15) is 10.5 Å². The topological polar surface area (TPSA) is 24.5 Å². The first-order chi connectivity index (χ1) is 6.33. The summed E-state index contributed by atoms with van der Waals surface area (Å²) in [7, 11) is 0. The van der Waals surface area contributed by atoms with Crippen LogP contribution in [0, 0.1) is 5.92 Å². The molecule has 0 bridgehead atoms. The molecular formula is C10H22N2O. The van der Waals surface area contributed by atoms with Gasteiger partial charge in [0.1, 0.15) is 0 Å². The second kappa shape index (κ2) is 6.35. The summed E-state index contributed by atoms with van der Waals surface area (Å²) in [5, 5.41) is 2.05. The van der Waals surface area contributed by atoms with Crippen LogP contribution >= 0.6 is 0 Å². The highest BCUT2D eigenvalue weighted by molar-refractivity contribution is 4.63. The van der Waals surface area contributed by atoms with E-state index >= 15 is 0 Å². The quantitative estimate of drug-likeness (QED) is 0.524. The molecule has 1 fully saturated rings. The lowest BCUT2D eigenvalue weighted by Gasteiger charge is -2.29. The van der Waals surface area contributed by atoms with Crippen LogP contribution in [0.4, 0.5) is 0 Å². The predicted octanol–water partition coefficient (Wildman–Crippen LogP) is 1.95. The molecule has 1 unspecified atom stereocenters. The third-order valence-corrected chi connectivity index (χ3v) is 2.45. The van der Waals surface area contributed by atoms with Gasteiger partial charge in [-0.25, -0.2) is 4.94 Å². The Labute approximate surface area is 81.3 Å². The van der Waals surface area contributed by atoms with Crippen LogP contribution in [0.2, 0.25) is 0 Å². The lowest BCUT2D eigenvalue weighted by Crippen LogP contribution is -2.38. The van der Waals surface area contributed by atoms with Crippen LogP contribution in [0.25, 0.3) is 0 Å². The van der Waals surface area contributed by atoms with Gasteiger partial charge >= 0.3 is 0 Å². The average molecular weight is 186 g/mol. The summed E-state index contributed by atoms with van der Waals surface area (Å²) in [5.41, 5.74) is 3.00. The molecule has 3 nitrogen and oxygen atoms in total. The van der Waals surface area contributed by atoms with E-state index in [9.17, 15) is 0 Å². The molecule has 1 saturated heterocycles. The van der Waals surface area contributed by atoms with E-state index in [1.807, 2.05) is 5.06 Å². The summed E-state index contributed by atoms with van der Waals surface area (Å²) >= 11 is 0. The molecule has 1 rings (SSSR count). The van der Waals surface area contributed by atoms with E-state index in [1.54, 1.807) is 0 Å². The SMILES string of the molecule is CCCCNON1CCCC(C)C1. The van der Waals surface area contributed by atoms with Crippen molar-refractivity contribution in [1.29, 1.82) is 0 Å². The lowest BCUT2D eigenvalue weighted by molar-refractivity contribution is -0.224. The lowest BCUT2D eigenvalue weighted by atomic mass is 10.0.